The smallest absolute Gasteiger partial charge is 0.404 e. The molecule has 0 saturated heterocycles. The van der Waals surface area contributed by atoms with Gasteiger partial charge in [0.05, 0.1) is 6.61 Å². The van der Waals surface area contributed by atoms with E-state index in [4.69, 9.17) is 15.2 Å². The van der Waals surface area contributed by atoms with E-state index in [0.717, 1.165) is 0 Å². The zero-order valence-corrected chi connectivity index (χ0v) is 9.56. The van der Waals surface area contributed by atoms with Crippen molar-refractivity contribution in [3.63, 3.8) is 0 Å². The minimum absolute atomic E-state index is 0.122. The van der Waals surface area contributed by atoms with E-state index in [0.29, 0.717) is 12.8 Å². The fourth-order valence-electron chi connectivity index (χ4n) is 1.30. The van der Waals surface area contributed by atoms with E-state index in [1.165, 1.54) is 0 Å². The van der Waals surface area contributed by atoms with Crippen LogP contribution in [0.3, 0.4) is 0 Å². The molecule has 0 aromatic heterocycles. The number of primary amides is 1. The molecular formula is C10H15NO6. The van der Waals surface area contributed by atoms with Gasteiger partial charge in [0.15, 0.2) is 5.41 Å². The van der Waals surface area contributed by atoms with Crippen molar-refractivity contribution in [2.24, 2.45) is 11.1 Å². The Hall–Kier alpha value is -1.79. The summed E-state index contributed by atoms with van der Waals surface area (Å²) in [5.74, 6) is -1.19. The summed E-state index contributed by atoms with van der Waals surface area (Å²) >= 11 is 0. The highest BCUT2D eigenvalue weighted by molar-refractivity contribution is 6.03. The molecular weight excluding hydrogens is 230 g/mol. The Labute approximate surface area is 98.2 Å². The lowest BCUT2D eigenvalue weighted by molar-refractivity contribution is -0.164. The van der Waals surface area contributed by atoms with Crippen LogP contribution < -0.4 is 5.73 Å². The monoisotopic (exact) mass is 245 g/mol. The van der Waals surface area contributed by atoms with E-state index in [1.807, 2.05) is 0 Å². The van der Waals surface area contributed by atoms with Crippen LogP contribution >= 0.6 is 0 Å². The lowest BCUT2D eigenvalue weighted by atomic mass is 10.1. The van der Waals surface area contributed by atoms with Crippen molar-refractivity contribution in [2.45, 2.75) is 19.8 Å². The predicted octanol–water partition coefficient (Wildman–Crippen LogP) is -0.0318. The molecule has 0 aliphatic heterocycles. The molecule has 0 spiro atoms. The number of rotatable bonds is 6. The summed E-state index contributed by atoms with van der Waals surface area (Å²) in [4.78, 5) is 33.3. The highest BCUT2D eigenvalue weighted by Gasteiger charge is 2.59. The number of amides is 1. The van der Waals surface area contributed by atoms with Gasteiger partial charge in [0.25, 0.3) is 0 Å². The van der Waals surface area contributed by atoms with Gasteiger partial charge in [-0.15, -0.1) is 0 Å². The maximum atomic E-state index is 11.6. The molecule has 1 rings (SSSR count). The predicted molar refractivity (Wildman–Crippen MR) is 54.8 cm³/mol. The molecule has 17 heavy (non-hydrogen) atoms. The molecule has 1 aliphatic carbocycles. The zero-order valence-electron chi connectivity index (χ0n) is 9.56. The number of carbonyl (C=O) groups is 3. The summed E-state index contributed by atoms with van der Waals surface area (Å²) in [6.07, 6.45) is -0.0737. The zero-order chi connectivity index (χ0) is 12.9. The van der Waals surface area contributed by atoms with Gasteiger partial charge in [-0.25, -0.2) is 4.79 Å². The summed E-state index contributed by atoms with van der Waals surface area (Å²) < 4.78 is 14.0. The topological polar surface area (TPSA) is 105 Å². The SMILES string of the molecule is CCOC(=O)C1(C(=O)OCCOC(N)=O)CC1. The highest BCUT2D eigenvalue weighted by Crippen LogP contribution is 2.47. The van der Waals surface area contributed by atoms with Crippen molar-refractivity contribution in [1.82, 2.24) is 0 Å². The Balaban J connectivity index is 2.32. The van der Waals surface area contributed by atoms with Crippen molar-refractivity contribution in [1.29, 1.82) is 0 Å². The van der Waals surface area contributed by atoms with Gasteiger partial charge in [0.2, 0.25) is 0 Å². The Kier molecular flexibility index (Phi) is 4.30. The lowest BCUT2D eigenvalue weighted by Gasteiger charge is -2.12. The Morgan fingerprint density at radius 3 is 2.06 bits per heavy atom. The third kappa shape index (κ3) is 3.33. The van der Waals surface area contributed by atoms with Crippen LogP contribution in [0, 0.1) is 5.41 Å². The van der Waals surface area contributed by atoms with Gasteiger partial charge in [-0.1, -0.05) is 0 Å². The molecule has 1 aliphatic rings. The van der Waals surface area contributed by atoms with E-state index in [2.05, 4.69) is 4.74 Å². The molecule has 0 aromatic carbocycles. The summed E-state index contributed by atoms with van der Waals surface area (Å²) in [6, 6.07) is 0. The number of nitrogens with two attached hydrogens (primary N) is 1. The Morgan fingerprint density at radius 2 is 1.59 bits per heavy atom. The van der Waals surface area contributed by atoms with E-state index >= 15 is 0 Å². The molecule has 0 radical (unpaired) electrons. The van der Waals surface area contributed by atoms with Crippen LogP contribution in [0.2, 0.25) is 0 Å². The first-order valence-electron chi connectivity index (χ1n) is 5.29. The average molecular weight is 245 g/mol. The molecule has 0 heterocycles. The van der Waals surface area contributed by atoms with Gasteiger partial charge >= 0.3 is 18.0 Å². The molecule has 2 N–H and O–H groups in total. The van der Waals surface area contributed by atoms with Crippen molar-refractivity contribution in [2.75, 3.05) is 19.8 Å². The van der Waals surface area contributed by atoms with E-state index < -0.39 is 23.4 Å². The van der Waals surface area contributed by atoms with Crippen LogP contribution in [-0.4, -0.2) is 37.9 Å². The first kappa shape index (κ1) is 13.3. The second-order valence-corrected chi connectivity index (χ2v) is 3.61. The minimum Gasteiger partial charge on any atom is -0.465 e. The van der Waals surface area contributed by atoms with Crippen molar-refractivity contribution in [3.05, 3.63) is 0 Å². The van der Waals surface area contributed by atoms with Gasteiger partial charge in [0.1, 0.15) is 13.2 Å². The largest absolute Gasteiger partial charge is 0.465 e. The van der Waals surface area contributed by atoms with Crippen LogP contribution in [-0.2, 0) is 23.8 Å². The fourth-order valence-corrected chi connectivity index (χ4v) is 1.30. The van der Waals surface area contributed by atoms with Crippen LogP contribution in [0.25, 0.3) is 0 Å². The van der Waals surface area contributed by atoms with Gasteiger partial charge in [-0.05, 0) is 19.8 Å². The second-order valence-electron chi connectivity index (χ2n) is 3.61. The third-order valence-corrected chi connectivity index (χ3v) is 2.37. The molecule has 7 heteroatoms. The summed E-state index contributed by atoms with van der Waals surface area (Å²) in [5, 5.41) is 0. The van der Waals surface area contributed by atoms with Gasteiger partial charge < -0.3 is 19.9 Å². The molecule has 1 fully saturated rings. The van der Waals surface area contributed by atoms with Gasteiger partial charge in [0, 0.05) is 0 Å². The normalized spacial score (nSPS) is 15.8. The number of esters is 2. The first-order chi connectivity index (χ1) is 8.03. The van der Waals surface area contributed by atoms with Crippen molar-refractivity contribution in [3.8, 4) is 0 Å². The number of ether oxygens (including phenoxy) is 3. The van der Waals surface area contributed by atoms with Crippen LogP contribution in [0.1, 0.15) is 19.8 Å². The second kappa shape index (κ2) is 5.51. The Morgan fingerprint density at radius 1 is 1.06 bits per heavy atom. The number of hydrogen-bond acceptors (Lipinski definition) is 6. The standard InChI is InChI=1S/C10H15NO6/c1-2-15-7(12)10(3-4-10)8(13)16-5-6-17-9(11)14/h2-6H2,1H3,(H2,11,14). The van der Waals surface area contributed by atoms with Crippen molar-refractivity contribution >= 4 is 18.0 Å². The molecule has 0 atom stereocenters. The molecule has 96 valence electrons. The first-order valence-corrected chi connectivity index (χ1v) is 5.29. The van der Waals surface area contributed by atoms with Gasteiger partial charge in [-0.3, -0.25) is 9.59 Å². The van der Waals surface area contributed by atoms with Crippen LogP contribution in [0.4, 0.5) is 4.79 Å². The molecule has 0 bridgehead atoms. The number of carbonyl (C=O) groups excluding carboxylic acids is 3. The van der Waals surface area contributed by atoms with Crippen molar-refractivity contribution < 1.29 is 28.6 Å². The molecule has 7 nitrogen and oxygen atoms in total. The highest BCUT2D eigenvalue weighted by atomic mass is 16.6. The Bertz CT molecular complexity index is 323. The van der Waals surface area contributed by atoms with E-state index in [1.54, 1.807) is 6.92 Å². The average Bonchev–Trinajstić information content (AvgIpc) is 3.05. The summed E-state index contributed by atoms with van der Waals surface area (Å²) in [5.41, 5.74) is 3.58. The number of hydrogen-bond donors (Lipinski definition) is 1. The molecule has 1 amide bonds. The van der Waals surface area contributed by atoms with E-state index in [-0.39, 0.29) is 19.8 Å². The fraction of sp³-hybridized carbons (Fsp3) is 0.700. The molecule has 0 unspecified atom stereocenters. The summed E-state index contributed by atoms with van der Waals surface area (Å²) in [6.45, 7) is 1.64. The molecule has 1 saturated carbocycles. The maximum absolute atomic E-state index is 11.6. The van der Waals surface area contributed by atoms with Gasteiger partial charge in [-0.2, -0.15) is 0 Å². The minimum atomic E-state index is -1.14. The van der Waals surface area contributed by atoms with E-state index in [9.17, 15) is 14.4 Å². The van der Waals surface area contributed by atoms with Crippen LogP contribution in [0.15, 0.2) is 0 Å². The maximum Gasteiger partial charge on any atom is 0.404 e. The van der Waals surface area contributed by atoms with Crippen LogP contribution in [0.5, 0.6) is 0 Å². The molecule has 0 aromatic rings. The third-order valence-electron chi connectivity index (χ3n) is 2.37. The summed E-state index contributed by atoms with van der Waals surface area (Å²) in [7, 11) is 0. The quantitative estimate of drug-likeness (QED) is 0.305. The lowest BCUT2D eigenvalue weighted by Crippen LogP contribution is -2.31.